The number of para-hydroxylation sites is 1. The van der Waals surface area contributed by atoms with Crippen molar-refractivity contribution >= 4 is 77.5 Å². The Labute approximate surface area is 242 Å². The molecule has 9 nitrogen and oxygen atoms in total. The number of fused-ring (bicyclic) bond motifs is 2. The number of hydrogen-bond donors (Lipinski definition) is 1. The summed E-state index contributed by atoms with van der Waals surface area (Å²) < 4.78 is 19.1. The molecule has 12 heteroatoms. The number of aliphatic carboxylic acids is 1. The Kier molecular flexibility index (Phi) is 7.48. The predicted octanol–water partition coefficient (Wildman–Crippen LogP) is 6.73. The average molecular weight is 676 g/mol. The number of methoxy groups -OCH3 is 1. The lowest BCUT2D eigenvalue weighted by Gasteiger charge is -2.17. The molecule has 0 saturated heterocycles. The van der Waals surface area contributed by atoms with Gasteiger partial charge in [0.05, 0.1) is 28.7 Å². The minimum Gasteiger partial charge on any atom is -0.493 e. The van der Waals surface area contributed by atoms with E-state index in [9.17, 15) is 14.7 Å². The normalized spacial score (nSPS) is 12.3. The molecule has 0 saturated carbocycles. The molecule has 0 fully saturated rings. The van der Waals surface area contributed by atoms with Crippen molar-refractivity contribution in [3.05, 3.63) is 84.5 Å². The first-order chi connectivity index (χ1) is 18.7. The summed E-state index contributed by atoms with van der Waals surface area (Å²) in [5.74, 6) is -0.147. The number of ether oxygens (including phenoxy) is 2. The Balaban J connectivity index is 1.66. The number of hydrogen-bond acceptors (Lipinski definition) is 7. The molecule has 0 aliphatic carbocycles. The highest BCUT2D eigenvalue weighted by molar-refractivity contribution is 9.13. The van der Waals surface area contributed by atoms with Crippen molar-refractivity contribution in [2.45, 2.75) is 13.0 Å². The second kappa shape index (κ2) is 10.8. The van der Waals surface area contributed by atoms with Gasteiger partial charge in [0.25, 0.3) is 5.56 Å². The minimum atomic E-state index is -1.13. The van der Waals surface area contributed by atoms with Gasteiger partial charge in [-0.2, -0.15) is 9.78 Å². The Morgan fingerprint density at radius 1 is 1.18 bits per heavy atom. The molecule has 2 aromatic heterocycles. The van der Waals surface area contributed by atoms with E-state index in [1.165, 1.54) is 20.2 Å². The van der Waals surface area contributed by atoms with Crippen LogP contribution < -0.4 is 15.0 Å². The summed E-state index contributed by atoms with van der Waals surface area (Å²) in [5, 5.41) is 15.4. The maximum Gasteiger partial charge on any atom is 0.344 e. The Bertz CT molecular complexity index is 1850. The van der Waals surface area contributed by atoms with Crippen LogP contribution in [-0.4, -0.2) is 40.2 Å². The average Bonchev–Trinajstić information content (AvgIpc) is 3.34. The van der Waals surface area contributed by atoms with E-state index in [0.29, 0.717) is 41.8 Å². The first kappa shape index (κ1) is 26.9. The summed E-state index contributed by atoms with van der Waals surface area (Å²) in [4.78, 5) is 29.5. The molecule has 5 aromatic rings. The van der Waals surface area contributed by atoms with E-state index in [4.69, 9.17) is 25.5 Å². The molecule has 0 amide bonds. The van der Waals surface area contributed by atoms with Gasteiger partial charge in [0, 0.05) is 20.4 Å². The minimum absolute atomic E-state index is 0.194. The van der Waals surface area contributed by atoms with E-state index < -0.39 is 17.6 Å². The number of rotatable bonds is 7. The van der Waals surface area contributed by atoms with Crippen LogP contribution in [0, 0.1) is 0 Å². The van der Waals surface area contributed by atoms with Crippen LogP contribution in [-0.2, 0) is 4.79 Å². The van der Waals surface area contributed by atoms with Crippen LogP contribution in [0.25, 0.3) is 33.5 Å². The fourth-order valence-corrected chi connectivity index (χ4v) is 4.92. The zero-order valence-corrected chi connectivity index (χ0v) is 24.2. The van der Waals surface area contributed by atoms with Gasteiger partial charge in [-0.15, -0.1) is 0 Å². The SMILES string of the molecule is COc1cc(C=Nn2c(-c3cc4cc(Cl)ccc4o3)nc3ccccc3c2=O)c(Br)c(Br)c1O[C@H](C)C(=O)O. The maximum absolute atomic E-state index is 13.6. The van der Waals surface area contributed by atoms with Crippen molar-refractivity contribution in [3.8, 4) is 23.1 Å². The zero-order valence-electron chi connectivity index (χ0n) is 20.3. The van der Waals surface area contributed by atoms with E-state index in [1.54, 1.807) is 54.6 Å². The lowest BCUT2D eigenvalue weighted by molar-refractivity contribution is -0.144. The van der Waals surface area contributed by atoms with Crippen LogP contribution in [0.5, 0.6) is 11.5 Å². The highest BCUT2D eigenvalue weighted by Gasteiger charge is 2.22. The van der Waals surface area contributed by atoms with Crippen LogP contribution in [0.15, 0.2) is 77.9 Å². The molecular formula is C27H18Br2ClN3O6. The second-order valence-electron chi connectivity index (χ2n) is 8.33. The molecule has 5 rings (SSSR count). The Morgan fingerprint density at radius 3 is 2.69 bits per heavy atom. The third-order valence-corrected chi connectivity index (χ3v) is 8.16. The molecule has 0 unspecified atom stereocenters. The lowest BCUT2D eigenvalue weighted by atomic mass is 10.2. The van der Waals surface area contributed by atoms with Crippen LogP contribution in [0.4, 0.5) is 0 Å². The molecule has 2 heterocycles. The van der Waals surface area contributed by atoms with E-state index in [2.05, 4.69) is 41.9 Å². The number of nitrogens with zero attached hydrogens (tertiary/aromatic N) is 3. The van der Waals surface area contributed by atoms with Gasteiger partial charge in [0.1, 0.15) is 5.58 Å². The summed E-state index contributed by atoms with van der Waals surface area (Å²) in [6.45, 7) is 1.41. The molecule has 0 bridgehead atoms. The molecular weight excluding hydrogens is 658 g/mol. The molecule has 39 heavy (non-hydrogen) atoms. The van der Waals surface area contributed by atoms with Crippen LogP contribution in [0.3, 0.4) is 0 Å². The highest BCUT2D eigenvalue weighted by Crippen LogP contribution is 2.43. The third kappa shape index (κ3) is 5.17. The Morgan fingerprint density at radius 2 is 1.95 bits per heavy atom. The van der Waals surface area contributed by atoms with Gasteiger partial charge >= 0.3 is 5.97 Å². The fourth-order valence-electron chi connectivity index (χ4n) is 3.82. The fraction of sp³-hybridized carbons (Fsp3) is 0.111. The van der Waals surface area contributed by atoms with E-state index >= 15 is 0 Å². The van der Waals surface area contributed by atoms with Gasteiger partial charge in [0.15, 0.2) is 23.4 Å². The van der Waals surface area contributed by atoms with Crippen LogP contribution >= 0.6 is 43.5 Å². The van der Waals surface area contributed by atoms with Gasteiger partial charge < -0.3 is 19.0 Å². The second-order valence-corrected chi connectivity index (χ2v) is 10.4. The van der Waals surface area contributed by atoms with Crippen LogP contribution in [0.1, 0.15) is 12.5 Å². The number of aromatic nitrogens is 2. The number of carboxylic acids is 1. The molecule has 1 atom stereocenters. The molecule has 0 aliphatic heterocycles. The van der Waals surface area contributed by atoms with Crippen molar-refractivity contribution < 1.29 is 23.8 Å². The summed E-state index contributed by atoms with van der Waals surface area (Å²) in [6.07, 6.45) is 0.327. The van der Waals surface area contributed by atoms with E-state index in [-0.39, 0.29) is 17.3 Å². The lowest BCUT2D eigenvalue weighted by Crippen LogP contribution is -2.23. The monoisotopic (exact) mass is 673 g/mol. The number of carboxylic acid groups (broad SMARTS) is 1. The number of carbonyl (C=O) groups is 1. The summed E-state index contributed by atoms with van der Waals surface area (Å²) in [5.41, 5.74) is 1.18. The molecule has 1 N–H and O–H groups in total. The van der Waals surface area contributed by atoms with Gasteiger partial charge in [-0.1, -0.05) is 23.7 Å². The summed E-state index contributed by atoms with van der Waals surface area (Å²) >= 11 is 13.1. The van der Waals surface area contributed by atoms with Crippen molar-refractivity contribution in [2.75, 3.05) is 7.11 Å². The quantitative estimate of drug-likeness (QED) is 0.190. The number of furan rings is 1. The van der Waals surface area contributed by atoms with E-state index in [0.717, 1.165) is 10.1 Å². The van der Waals surface area contributed by atoms with Gasteiger partial charge in [-0.3, -0.25) is 4.79 Å². The van der Waals surface area contributed by atoms with Crippen molar-refractivity contribution in [1.29, 1.82) is 0 Å². The highest BCUT2D eigenvalue weighted by atomic mass is 79.9. The number of benzene rings is 3. The summed E-state index contributed by atoms with van der Waals surface area (Å²) in [7, 11) is 1.43. The molecule has 0 spiro atoms. The molecule has 198 valence electrons. The predicted molar refractivity (Wildman–Crippen MR) is 155 cm³/mol. The zero-order chi connectivity index (χ0) is 27.8. The first-order valence-corrected chi connectivity index (χ1v) is 13.4. The molecule has 0 radical (unpaired) electrons. The maximum atomic E-state index is 13.6. The third-order valence-electron chi connectivity index (χ3n) is 5.78. The molecule has 0 aliphatic rings. The topological polar surface area (TPSA) is 116 Å². The van der Waals surface area contributed by atoms with E-state index in [1.807, 2.05) is 0 Å². The van der Waals surface area contributed by atoms with Gasteiger partial charge in [0.2, 0.25) is 5.82 Å². The largest absolute Gasteiger partial charge is 0.493 e. The Hall–Kier alpha value is -3.67. The number of halogens is 3. The summed E-state index contributed by atoms with van der Waals surface area (Å²) in [6, 6.07) is 15.5. The standard InChI is InChI=1S/C27H18Br2ClN3O6/c1-13(27(35)36)38-24-20(37-2)11-15(22(28)23(24)29)12-31-33-25(32-18-6-4-3-5-17(18)26(33)34)21-10-14-9-16(30)7-8-19(14)39-21/h3-13H,1-2H3,(H,35,36)/t13-/m1/s1. The van der Waals surface area contributed by atoms with Gasteiger partial charge in [-0.05, 0) is 81.2 Å². The van der Waals surface area contributed by atoms with Crippen molar-refractivity contribution in [3.63, 3.8) is 0 Å². The smallest absolute Gasteiger partial charge is 0.344 e. The first-order valence-electron chi connectivity index (χ1n) is 11.4. The van der Waals surface area contributed by atoms with Crippen molar-refractivity contribution in [2.24, 2.45) is 5.10 Å². The molecule has 3 aromatic carbocycles. The van der Waals surface area contributed by atoms with Crippen molar-refractivity contribution in [1.82, 2.24) is 9.66 Å². The van der Waals surface area contributed by atoms with Gasteiger partial charge in [-0.25, -0.2) is 9.78 Å². The van der Waals surface area contributed by atoms with Crippen LogP contribution in [0.2, 0.25) is 5.02 Å².